The van der Waals surface area contributed by atoms with Crippen LogP contribution in [0.15, 0.2) is 22.8 Å². The zero-order valence-corrected chi connectivity index (χ0v) is 10.6. The molecule has 2 heteroatoms. The fraction of sp³-hybridized carbons (Fsp3) is 0.467. The molecule has 1 aliphatic heterocycles. The van der Waals surface area contributed by atoms with Gasteiger partial charge >= 0.3 is 0 Å². The number of fused-ring (bicyclic) bond motifs is 1. The minimum Gasteiger partial charge on any atom is -0.462 e. The molecule has 3 rings (SSSR count). The van der Waals surface area contributed by atoms with E-state index >= 15 is 0 Å². The number of rotatable bonds is 1. The maximum atomic E-state index is 5.70. The first-order valence-electron chi connectivity index (χ1n) is 6.49. The largest absolute Gasteiger partial charge is 0.462 e. The van der Waals surface area contributed by atoms with Gasteiger partial charge in [0, 0.05) is 18.5 Å². The fourth-order valence-electron chi connectivity index (χ4n) is 2.65. The summed E-state index contributed by atoms with van der Waals surface area (Å²) in [6, 6.07) is 4.41. The number of piperidine rings is 1. The normalized spacial score (nSPS) is 16.7. The van der Waals surface area contributed by atoms with E-state index in [0.717, 1.165) is 5.58 Å². The second kappa shape index (κ2) is 4.10. The lowest BCUT2D eigenvalue weighted by molar-refractivity contribution is 0.569. The molecule has 0 atom stereocenters. The molecule has 2 aromatic rings. The number of benzene rings is 1. The Kier molecular flexibility index (Phi) is 2.58. The summed E-state index contributed by atoms with van der Waals surface area (Å²) >= 11 is 0. The van der Waals surface area contributed by atoms with Crippen molar-refractivity contribution in [3.63, 3.8) is 0 Å². The summed E-state index contributed by atoms with van der Waals surface area (Å²) in [5.74, 6) is 0. The lowest BCUT2D eigenvalue weighted by atomic mass is 10.1. The molecule has 17 heavy (non-hydrogen) atoms. The molecule has 1 aromatic carbocycles. The number of hydrogen-bond acceptors (Lipinski definition) is 2. The lowest BCUT2D eigenvalue weighted by Gasteiger charge is -2.27. The molecule has 1 aromatic heterocycles. The Morgan fingerprint density at radius 3 is 2.47 bits per heavy atom. The van der Waals surface area contributed by atoms with E-state index < -0.39 is 0 Å². The Balaban J connectivity index is 2.07. The number of anilines is 1. The lowest BCUT2D eigenvalue weighted by Crippen LogP contribution is -2.29. The standard InChI is InChI=1S/C15H19NO/c1-11-8-13-14(16-6-4-3-5-7-16)10-17-15(13)9-12(11)2/h8-10H,3-7H2,1-2H3. The fourth-order valence-corrected chi connectivity index (χ4v) is 2.65. The summed E-state index contributed by atoms with van der Waals surface area (Å²) in [7, 11) is 0. The summed E-state index contributed by atoms with van der Waals surface area (Å²) < 4.78 is 5.70. The van der Waals surface area contributed by atoms with Crippen LogP contribution < -0.4 is 4.90 Å². The molecular weight excluding hydrogens is 210 g/mol. The van der Waals surface area contributed by atoms with E-state index in [0.29, 0.717) is 0 Å². The SMILES string of the molecule is Cc1cc2occ(N3CCCCC3)c2cc1C. The molecule has 0 N–H and O–H groups in total. The van der Waals surface area contributed by atoms with E-state index in [2.05, 4.69) is 30.9 Å². The predicted octanol–water partition coefficient (Wildman–Crippen LogP) is 4.04. The van der Waals surface area contributed by atoms with Gasteiger partial charge in [0.2, 0.25) is 0 Å². The van der Waals surface area contributed by atoms with Crippen LogP contribution in [-0.4, -0.2) is 13.1 Å². The summed E-state index contributed by atoms with van der Waals surface area (Å²) in [6.07, 6.45) is 5.90. The van der Waals surface area contributed by atoms with Gasteiger partial charge in [0.05, 0.1) is 5.69 Å². The van der Waals surface area contributed by atoms with Gasteiger partial charge in [-0.3, -0.25) is 0 Å². The first kappa shape index (κ1) is 10.7. The highest BCUT2D eigenvalue weighted by Crippen LogP contribution is 2.32. The number of furan rings is 1. The van der Waals surface area contributed by atoms with Crippen molar-refractivity contribution in [2.75, 3.05) is 18.0 Å². The second-order valence-corrected chi connectivity index (χ2v) is 5.10. The minimum absolute atomic E-state index is 1.02. The van der Waals surface area contributed by atoms with Gasteiger partial charge in [0.25, 0.3) is 0 Å². The van der Waals surface area contributed by atoms with Gasteiger partial charge in [0.1, 0.15) is 11.8 Å². The van der Waals surface area contributed by atoms with Crippen molar-refractivity contribution in [1.82, 2.24) is 0 Å². The summed E-state index contributed by atoms with van der Waals surface area (Å²) in [4.78, 5) is 2.46. The van der Waals surface area contributed by atoms with Gasteiger partial charge in [-0.25, -0.2) is 0 Å². The zero-order valence-electron chi connectivity index (χ0n) is 10.6. The Hall–Kier alpha value is -1.44. The van der Waals surface area contributed by atoms with Crippen molar-refractivity contribution in [3.8, 4) is 0 Å². The van der Waals surface area contributed by atoms with Crippen molar-refractivity contribution in [2.45, 2.75) is 33.1 Å². The van der Waals surface area contributed by atoms with Crippen LogP contribution >= 0.6 is 0 Å². The van der Waals surface area contributed by atoms with E-state index in [4.69, 9.17) is 4.42 Å². The Morgan fingerprint density at radius 1 is 1.00 bits per heavy atom. The third kappa shape index (κ3) is 1.82. The van der Waals surface area contributed by atoms with Crippen LogP contribution in [0.3, 0.4) is 0 Å². The van der Waals surface area contributed by atoms with Crippen molar-refractivity contribution in [1.29, 1.82) is 0 Å². The van der Waals surface area contributed by atoms with Crippen LogP contribution in [0.2, 0.25) is 0 Å². The third-order valence-electron chi connectivity index (χ3n) is 3.87. The second-order valence-electron chi connectivity index (χ2n) is 5.10. The van der Waals surface area contributed by atoms with Crippen molar-refractivity contribution < 1.29 is 4.42 Å². The van der Waals surface area contributed by atoms with Crippen molar-refractivity contribution >= 4 is 16.7 Å². The van der Waals surface area contributed by atoms with E-state index in [1.54, 1.807) is 0 Å². The maximum Gasteiger partial charge on any atom is 0.136 e. The van der Waals surface area contributed by atoms with Crippen LogP contribution in [0, 0.1) is 13.8 Å². The number of aryl methyl sites for hydroxylation is 2. The van der Waals surface area contributed by atoms with Gasteiger partial charge in [-0.2, -0.15) is 0 Å². The number of nitrogens with zero attached hydrogens (tertiary/aromatic N) is 1. The van der Waals surface area contributed by atoms with Crippen molar-refractivity contribution in [2.24, 2.45) is 0 Å². The smallest absolute Gasteiger partial charge is 0.136 e. The molecule has 1 saturated heterocycles. The molecule has 0 unspecified atom stereocenters. The van der Waals surface area contributed by atoms with Crippen LogP contribution in [0.4, 0.5) is 5.69 Å². The van der Waals surface area contributed by atoms with Crippen LogP contribution in [0.25, 0.3) is 11.0 Å². The number of hydrogen-bond donors (Lipinski definition) is 0. The molecular formula is C15H19NO. The molecule has 0 aliphatic carbocycles. The molecule has 0 spiro atoms. The first-order valence-corrected chi connectivity index (χ1v) is 6.49. The molecule has 1 fully saturated rings. The quantitative estimate of drug-likeness (QED) is 0.733. The van der Waals surface area contributed by atoms with E-state index in [1.165, 1.54) is 54.6 Å². The summed E-state index contributed by atoms with van der Waals surface area (Å²) in [6.45, 7) is 6.64. The molecule has 2 nitrogen and oxygen atoms in total. The van der Waals surface area contributed by atoms with Crippen LogP contribution in [-0.2, 0) is 0 Å². The van der Waals surface area contributed by atoms with E-state index in [9.17, 15) is 0 Å². The molecule has 0 saturated carbocycles. The Morgan fingerprint density at radius 2 is 1.71 bits per heavy atom. The highest BCUT2D eigenvalue weighted by atomic mass is 16.3. The molecule has 0 amide bonds. The van der Waals surface area contributed by atoms with Gasteiger partial charge in [0.15, 0.2) is 0 Å². The van der Waals surface area contributed by atoms with Gasteiger partial charge in [-0.15, -0.1) is 0 Å². The highest BCUT2D eigenvalue weighted by molar-refractivity contribution is 5.92. The van der Waals surface area contributed by atoms with Gasteiger partial charge in [-0.1, -0.05) is 0 Å². The van der Waals surface area contributed by atoms with Gasteiger partial charge < -0.3 is 9.32 Å². The van der Waals surface area contributed by atoms with Gasteiger partial charge in [-0.05, 0) is 56.4 Å². The molecule has 90 valence electrons. The molecule has 0 radical (unpaired) electrons. The van der Waals surface area contributed by atoms with E-state index in [-0.39, 0.29) is 0 Å². The minimum atomic E-state index is 1.02. The van der Waals surface area contributed by atoms with Crippen LogP contribution in [0.5, 0.6) is 0 Å². The average Bonchev–Trinajstić information content (AvgIpc) is 2.74. The van der Waals surface area contributed by atoms with E-state index in [1.807, 2.05) is 6.26 Å². The monoisotopic (exact) mass is 229 g/mol. The summed E-state index contributed by atoms with van der Waals surface area (Å²) in [5.41, 5.74) is 4.95. The maximum absolute atomic E-state index is 5.70. The summed E-state index contributed by atoms with van der Waals surface area (Å²) in [5, 5.41) is 1.27. The van der Waals surface area contributed by atoms with Crippen LogP contribution in [0.1, 0.15) is 30.4 Å². The highest BCUT2D eigenvalue weighted by Gasteiger charge is 2.16. The molecule has 0 bridgehead atoms. The Bertz CT molecular complexity index is 535. The molecule has 2 heterocycles. The zero-order chi connectivity index (χ0) is 11.8. The Labute approximate surface area is 102 Å². The first-order chi connectivity index (χ1) is 8.25. The topological polar surface area (TPSA) is 16.4 Å². The third-order valence-corrected chi connectivity index (χ3v) is 3.87. The average molecular weight is 229 g/mol. The molecule has 1 aliphatic rings. The predicted molar refractivity (Wildman–Crippen MR) is 71.8 cm³/mol. The van der Waals surface area contributed by atoms with Crippen molar-refractivity contribution in [3.05, 3.63) is 29.5 Å².